The summed E-state index contributed by atoms with van der Waals surface area (Å²) < 4.78 is 16.8. The predicted octanol–water partition coefficient (Wildman–Crippen LogP) is 2.70. The summed E-state index contributed by atoms with van der Waals surface area (Å²) in [5.41, 5.74) is 1.74. The number of benzene rings is 1. The molecule has 0 aliphatic carbocycles. The third kappa shape index (κ3) is 5.39. The molecule has 4 heteroatoms. The number of alkyl halides is 1. The van der Waals surface area contributed by atoms with Crippen LogP contribution >= 0.6 is 0 Å². The summed E-state index contributed by atoms with van der Waals surface area (Å²) >= 11 is 0. The molecule has 0 spiro atoms. The third-order valence-corrected chi connectivity index (χ3v) is 3.15. The highest BCUT2D eigenvalue weighted by molar-refractivity contribution is 5.89. The van der Waals surface area contributed by atoms with Crippen molar-refractivity contribution in [2.45, 2.75) is 19.8 Å². The number of nitrogens with zero attached hydrogens (tertiary/aromatic N) is 1. The summed E-state index contributed by atoms with van der Waals surface area (Å²) in [6.07, 6.45) is 1.50. The van der Waals surface area contributed by atoms with Crippen molar-refractivity contribution in [1.82, 2.24) is 4.90 Å². The lowest BCUT2D eigenvalue weighted by Crippen LogP contribution is -2.27. The summed E-state index contributed by atoms with van der Waals surface area (Å²) in [5.74, 6) is -0.315. The van der Waals surface area contributed by atoms with E-state index >= 15 is 0 Å². The SMILES string of the molecule is CCN(CCCF)CCc1ccc(C(=O)OC)cc1. The van der Waals surface area contributed by atoms with Crippen LogP contribution in [0.2, 0.25) is 0 Å². The van der Waals surface area contributed by atoms with E-state index in [0.29, 0.717) is 12.0 Å². The van der Waals surface area contributed by atoms with E-state index in [0.717, 1.165) is 26.1 Å². The number of halogens is 1. The molecule has 0 atom stereocenters. The monoisotopic (exact) mass is 267 g/mol. The van der Waals surface area contributed by atoms with Gasteiger partial charge in [-0.2, -0.15) is 0 Å². The minimum Gasteiger partial charge on any atom is -0.465 e. The largest absolute Gasteiger partial charge is 0.465 e. The van der Waals surface area contributed by atoms with E-state index in [1.54, 1.807) is 12.1 Å². The summed E-state index contributed by atoms with van der Waals surface area (Å²) in [7, 11) is 1.38. The minimum atomic E-state index is -0.315. The molecule has 106 valence electrons. The number of esters is 1. The third-order valence-electron chi connectivity index (χ3n) is 3.15. The Bertz CT molecular complexity index is 378. The average molecular weight is 267 g/mol. The quantitative estimate of drug-likeness (QED) is 0.678. The Labute approximate surface area is 114 Å². The van der Waals surface area contributed by atoms with Crippen molar-refractivity contribution in [2.24, 2.45) is 0 Å². The van der Waals surface area contributed by atoms with E-state index in [2.05, 4.69) is 16.6 Å². The van der Waals surface area contributed by atoms with Crippen molar-refractivity contribution in [2.75, 3.05) is 33.4 Å². The van der Waals surface area contributed by atoms with Crippen LogP contribution in [0.15, 0.2) is 24.3 Å². The second kappa shape index (κ2) is 8.64. The maximum Gasteiger partial charge on any atom is 0.337 e. The molecule has 0 radical (unpaired) electrons. The highest BCUT2D eigenvalue weighted by Crippen LogP contribution is 2.07. The number of hydrogen-bond acceptors (Lipinski definition) is 3. The van der Waals surface area contributed by atoms with Gasteiger partial charge in [0, 0.05) is 13.1 Å². The number of carbonyl (C=O) groups excluding carboxylic acids is 1. The molecule has 0 aliphatic heterocycles. The van der Waals surface area contributed by atoms with Gasteiger partial charge in [0.05, 0.1) is 19.3 Å². The first kappa shape index (κ1) is 15.6. The molecule has 0 fully saturated rings. The van der Waals surface area contributed by atoms with Crippen LogP contribution in [0.25, 0.3) is 0 Å². The van der Waals surface area contributed by atoms with Crippen molar-refractivity contribution in [1.29, 1.82) is 0 Å². The van der Waals surface area contributed by atoms with E-state index in [1.807, 2.05) is 12.1 Å². The fourth-order valence-electron chi connectivity index (χ4n) is 1.92. The van der Waals surface area contributed by atoms with Crippen molar-refractivity contribution in [3.05, 3.63) is 35.4 Å². The van der Waals surface area contributed by atoms with Gasteiger partial charge in [0.2, 0.25) is 0 Å². The molecule has 19 heavy (non-hydrogen) atoms. The van der Waals surface area contributed by atoms with Crippen LogP contribution < -0.4 is 0 Å². The van der Waals surface area contributed by atoms with Gasteiger partial charge in [0.15, 0.2) is 0 Å². The van der Waals surface area contributed by atoms with Crippen molar-refractivity contribution in [3.8, 4) is 0 Å². The van der Waals surface area contributed by atoms with Gasteiger partial charge < -0.3 is 9.64 Å². The molecule has 0 saturated carbocycles. The van der Waals surface area contributed by atoms with Crippen molar-refractivity contribution in [3.63, 3.8) is 0 Å². The van der Waals surface area contributed by atoms with E-state index in [4.69, 9.17) is 0 Å². The molecule has 0 saturated heterocycles. The molecule has 0 N–H and O–H groups in total. The molecule has 0 unspecified atom stereocenters. The molecule has 1 rings (SSSR count). The molecule has 1 aromatic carbocycles. The van der Waals surface area contributed by atoms with Crippen LogP contribution in [0, 0.1) is 0 Å². The normalized spacial score (nSPS) is 10.7. The molecular weight excluding hydrogens is 245 g/mol. The fraction of sp³-hybridized carbons (Fsp3) is 0.533. The van der Waals surface area contributed by atoms with E-state index < -0.39 is 0 Å². The van der Waals surface area contributed by atoms with Crippen LogP contribution in [-0.2, 0) is 11.2 Å². The van der Waals surface area contributed by atoms with Gasteiger partial charge in [-0.05, 0) is 37.1 Å². The molecule has 1 aromatic rings. The van der Waals surface area contributed by atoms with Crippen molar-refractivity contribution < 1.29 is 13.9 Å². The number of carbonyl (C=O) groups is 1. The van der Waals surface area contributed by atoms with Gasteiger partial charge in [-0.3, -0.25) is 4.39 Å². The smallest absolute Gasteiger partial charge is 0.337 e. The molecule has 0 aliphatic rings. The first-order valence-corrected chi connectivity index (χ1v) is 6.66. The van der Waals surface area contributed by atoms with Gasteiger partial charge in [-0.1, -0.05) is 19.1 Å². The fourth-order valence-corrected chi connectivity index (χ4v) is 1.92. The van der Waals surface area contributed by atoms with Gasteiger partial charge in [0.25, 0.3) is 0 Å². The molecular formula is C15H22FNO2. The Morgan fingerprint density at radius 1 is 1.26 bits per heavy atom. The molecule has 0 heterocycles. The summed E-state index contributed by atoms with van der Waals surface area (Å²) in [6, 6.07) is 7.43. The number of rotatable bonds is 8. The lowest BCUT2D eigenvalue weighted by Gasteiger charge is -2.19. The van der Waals surface area contributed by atoms with Crippen molar-refractivity contribution >= 4 is 5.97 Å². The molecule has 0 aromatic heterocycles. The molecule has 3 nitrogen and oxygen atoms in total. The second-order valence-electron chi connectivity index (χ2n) is 4.42. The summed E-state index contributed by atoms with van der Waals surface area (Å²) in [6.45, 7) is 4.46. The minimum absolute atomic E-state index is 0.260. The number of methoxy groups -OCH3 is 1. The standard InChI is InChI=1S/C15H22FNO2/c1-3-17(11-4-10-16)12-9-13-5-7-14(8-6-13)15(18)19-2/h5-8H,3-4,9-12H2,1-2H3. The van der Waals surface area contributed by atoms with Crippen LogP contribution in [0.5, 0.6) is 0 Å². The summed E-state index contributed by atoms with van der Waals surface area (Å²) in [5, 5.41) is 0. The lowest BCUT2D eigenvalue weighted by atomic mass is 10.1. The first-order chi connectivity index (χ1) is 9.21. The highest BCUT2D eigenvalue weighted by atomic mass is 19.1. The van der Waals surface area contributed by atoms with Gasteiger partial charge in [-0.25, -0.2) is 4.79 Å². The van der Waals surface area contributed by atoms with Crippen LogP contribution in [0.4, 0.5) is 4.39 Å². The van der Waals surface area contributed by atoms with E-state index in [-0.39, 0.29) is 12.6 Å². The van der Waals surface area contributed by atoms with Gasteiger partial charge in [-0.15, -0.1) is 0 Å². The molecule has 0 bridgehead atoms. The Balaban J connectivity index is 2.46. The lowest BCUT2D eigenvalue weighted by molar-refractivity contribution is 0.0600. The predicted molar refractivity (Wildman–Crippen MR) is 74.2 cm³/mol. The maximum atomic E-state index is 12.1. The van der Waals surface area contributed by atoms with Crippen LogP contribution in [0.1, 0.15) is 29.3 Å². The van der Waals surface area contributed by atoms with Gasteiger partial charge in [0.1, 0.15) is 0 Å². The number of likely N-dealkylation sites (N-methyl/N-ethyl adjacent to an activating group) is 1. The van der Waals surface area contributed by atoms with Gasteiger partial charge >= 0.3 is 5.97 Å². The summed E-state index contributed by atoms with van der Waals surface area (Å²) in [4.78, 5) is 13.5. The Morgan fingerprint density at radius 2 is 1.95 bits per heavy atom. The Morgan fingerprint density at radius 3 is 2.47 bits per heavy atom. The zero-order valence-electron chi connectivity index (χ0n) is 11.7. The van der Waals surface area contributed by atoms with E-state index in [1.165, 1.54) is 12.7 Å². The van der Waals surface area contributed by atoms with E-state index in [9.17, 15) is 9.18 Å². The first-order valence-electron chi connectivity index (χ1n) is 6.66. The molecule has 0 amide bonds. The maximum absolute atomic E-state index is 12.1. The highest BCUT2D eigenvalue weighted by Gasteiger charge is 2.06. The average Bonchev–Trinajstić information content (AvgIpc) is 2.47. The number of ether oxygens (including phenoxy) is 1. The Kier molecular flexibility index (Phi) is 7.11. The van der Waals surface area contributed by atoms with Crippen LogP contribution in [0.3, 0.4) is 0 Å². The zero-order valence-corrected chi connectivity index (χ0v) is 11.7. The number of hydrogen-bond donors (Lipinski definition) is 0. The topological polar surface area (TPSA) is 29.5 Å². The van der Waals surface area contributed by atoms with Crippen LogP contribution in [-0.4, -0.2) is 44.3 Å². The second-order valence-corrected chi connectivity index (χ2v) is 4.42. The zero-order chi connectivity index (χ0) is 14.1. The Hall–Kier alpha value is -1.42.